The summed E-state index contributed by atoms with van der Waals surface area (Å²) < 4.78 is 73.0. The van der Waals surface area contributed by atoms with Crippen molar-refractivity contribution in [1.82, 2.24) is 0 Å². The summed E-state index contributed by atoms with van der Waals surface area (Å²) >= 11 is 0. The average Bonchev–Trinajstić information content (AvgIpc) is 2.97. The molecule has 2 N–H and O–H groups in total. The summed E-state index contributed by atoms with van der Waals surface area (Å²) in [5.74, 6) is 2.13. The lowest BCUT2D eigenvalue weighted by Crippen LogP contribution is -2.54. The van der Waals surface area contributed by atoms with Crippen LogP contribution in [0.4, 0.5) is 0 Å². The number of hydrogen-bond acceptors (Lipinski definition) is 6. The Kier molecular flexibility index (Phi) is 6.09. The summed E-state index contributed by atoms with van der Waals surface area (Å²) in [5, 5.41) is 0. The van der Waals surface area contributed by atoms with Gasteiger partial charge in [0.2, 0.25) is 0 Å². The normalized spacial score (nSPS) is 46.6. The van der Waals surface area contributed by atoms with Crippen LogP contribution in [-0.4, -0.2) is 38.1 Å². The van der Waals surface area contributed by atoms with Crippen LogP contribution in [0.2, 0.25) is 0 Å². The van der Waals surface area contributed by atoms with Crippen molar-refractivity contribution < 1.29 is 34.3 Å². The number of fused-ring (bicyclic) bond motifs is 5. The molecule has 8 nitrogen and oxygen atoms in total. The molecule has 0 aromatic heterocycles. The van der Waals surface area contributed by atoms with Crippen molar-refractivity contribution in [3.05, 3.63) is 0 Å². The first kappa shape index (κ1) is 23.9. The monoisotopic (exact) mass is 480 g/mol. The van der Waals surface area contributed by atoms with E-state index in [1.165, 1.54) is 0 Å². The zero-order valence-electron chi connectivity index (χ0n) is 18.6. The van der Waals surface area contributed by atoms with Gasteiger partial charge in [0.05, 0.1) is 12.2 Å². The highest BCUT2D eigenvalue weighted by atomic mass is 32.3. The summed E-state index contributed by atoms with van der Waals surface area (Å²) in [5.41, 5.74) is 0.137. The molecule has 0 heterocycles. The fraction of sp³-hybridized carbons (Fsp3) is 1.00. The predicted octanol–water partition coefficient (Wildman–Crippen LogP) is 4.04. The van der Waals surface area contributed by atoms with Crippen LogP contribution in [0.3, 0.4) is 0 Å². The Morgan fingerprint density at radius 3 is 2.13 bits per heavy atom. The summed E-state index contributed by atoms with van der Waals surface area (Å²) in [4.78, 5) is 0. The van der Waals surface area contributed by atoms with Crippen LogP contribution in [0.5, 0.6) is 0 Å². The largest absolute Gasteiger partial charge is 0.397 e. The SMILES string of the molecule is C[C@@H](OS(=O)(=O)O)[C@H]1CC[C@H]2[C@@H]3CC[C@@H]4C[C@H](OS(=O)(=O)O)CC[C@]4(C)[C@H]3CC[C@]12C. The molecule has 0 aromatic rings. The van der Waals surface area contributed by atoms with Crippen LogP contribution in [0.15, 0.2) is 0 Å². The molecular weight excluding hydrogens is 444 g/mol. The van der Waals surface area contributed by atoms with Gasteiger partial charge in [-0.3, -0.25) is 9.11 Å². The Morgan fingerprint density at radius 2 is 1.48 bits per heavy atom. The molecule has 0 radical (unpaired) electrons. The van der Waals surface area contributed by atoms with Crippen LogP contribution in [0, 0.1) is 40.4 Å². The van der Waals surface area contributed by atoms with E-state index in [9.17, 15) is 16.8 Å². The van der Waals surface area contributed by atoms with E-state index in [1.54, 1.807) is 6.92 Å². The first-order valence-electron chi connectivity index (χ1n) is 11.5. The maximum Gasteiger partial charge on any atom is 0.397 e. The van der Waals surface area contributed by atoms with E-state index >= 15 is 0 Å². The lowest BCUT2D eigenvalue weighted by Gasteiger charge is -2.61. The molecule has 0 bridgehead atoms. The molecule has 4 saturated carbocycles. The molecule has 31 heavy (non-hydrogen) atoms. The first-order valence-corrected chi connectivity index (χ1v) is 14.3. The van der Waals surface area contributed by atoms with Crippen LogP contribution in [0.1, 0.15) is 78.6 Å². The topological polar surface area (TPSA) is 127 Å². The van der Waals surface area contributed by atoms with Gasteiger partial charge in [0, 0.05) is 0 Å². The van der Waals surface area contributed by atoms with Crippen LogP contribution >= 0.6 is 0 Å². The maximum atomic E-state index is 11.3. The van der Waals surface area contributed by atoms with E-state index in [0.29, 0.717) is 36.5 Å². The van der Waals surface area contributed by atoms with E-state index in [4.69, 9.17) is 17.5 Å². The Balaban J connectivity index is 1.50. The van der Waals surface area contributed by atoms with Gasteiger partial charge in [-0.15, -0.1) is 0 Å². The Morgan fingerprint density at radius 1 is 0.839 bits per heavy atom. The second-order valence-corrected chi connectivity index (χ2v) is 13.1. The third-order valence-corrected chi connectivity index (χ3v) is 10.9. The van der Waals surface area contributed by atoms with Crippen molar-refractivity contribution in [1.29, 1.82) is 0 Å². The molecule has 0 saturated heterocycles. The van der Waals surface area contributed by atoms with Gasteiger partial charge >= 0.3 is 20.8 Å². The van der Waals surface area contributed by atoms with Gasteiger partial charge in [0.15, 0.2) is 0 Å². The smallest absolute Gasteiger partial charge is 0.264 e. The molecule has 4 aliphatic rings. The Labute approximate surface area is 186 Å². The molecular formula is C21H36O8S2. The maximum absolute atomic E-state index is 11.3. The first-order chi connectivity index (χ1) is 14.2. The van der Waals surface area contributed by atoms with Gasteiger partial charge in [-0.2, -0.15) is 16.8 Å². The highest BCUT2D eigenvalue weighted by Gasteiger charge is 2.61. The lowest BCUT2D eigenvalue weighted by atomic mass is 9.44. The zero-order chi connectivity index (χ0) is 22.8. The number of rotatable bonds is 5. The van der Waals surface area contributed by atoms with Gasteiger partial charge in [0.25, 0.3) is 0 Å². The Hall–Kier alpha value is -0.260. The second kappa shape index (κ2) is 7.91. The fourth-order valence-electron chi connectivity index (χ4n) is 8.55. The van der Waals surface area contributed by atoms with Gasteiger partial charge < -0.3 is 0 Å². The van der Waals surface area contributed by atoms with E-state index in [0.717, 1.165) is 44.9 Å². The molecule has 0 aromatic carbocycles. The molecule has 0 amide bonds. The summed E-state index contributed by atoms with van der Waals surface area (Å²) in [7, 11) is -8.89. The van der Waals surface area contributed by atoms with E-state index in [2.05, 4.69) is 13.8 Å². The molecule has 4 fully saturated rings. The molecule has 0 spiro atoms. The van der Waals surface area contributed by atoms with Crippen molar-refractivity contribution in [2.24, 2.45) is 40.4 Å². The second-order valence-electron chi connectivity index (χ2n) is 11.0. The highest BCUT2D eigenvalue weighted by molar-refractivity contribution is 7.81. The van der Waals surface area contributed by atoms with Gasteiger partial charge in [-0.1, -0.05) is 13.8 Å². The van der Waals surface area contributed by atoms with Crippen molar-refractivity contribution >= 4 is 20.8 Å². The van der Waals surface area contributed by atoms with Crippen molar-refractivity contribution in [2.75, 3.05) is 0 Å². The standard InChI is InChI=1S/C21H36O8S2/c1-13(28-30(22,23)24)17-6-7-18-16-5-4-14-12-15(29-31(25,26)27)8-10-20(14,2)19(16)9-11-21(17,18)3/h13-19H,4-12H2,1-3H3,(H,22,23,24)(H,25,26,27)/t13-,14-,15-,16+,17-,18+,19+,20+,21-/m1/s1. The third-order valence-electron chi connectivity index (χ3n) is 9.79. The fourth-order valence-corrected chi connectivity index (χ4v) is 9.59. The molecule has 0 unspecified atom stereocenters. The van der Waals surface area contributed by atoms with Crippen molar-refractivity contribution in [3.63, 3.8) is 0 Å². The molecule has 4 rings (SSSR count). The average molecular weight is 481 g/mol. The highest BCUT2D eigenvalue weighted by Crippen LogP contribution is 2.68. The molecule has 9 atom stereocenters. The summed E-state index contributed by atoms with van der Waals surface area (Å²) in [6.07, 6.45) is 7.38. The molecule has 10 heteroatoms. The molecule has 0 aliphatic heterocycles. The Bertz CT molecular complexity index is 902. The minimum Gasteiger partial charge on any atom is -0.264 e. The van der Waals surface area contributed by atoms with E-state index < -0.39 is 33.0 Å². The quantitative estimate of drug-likeness (QED) is 0.564. The molecule has 180 valence electrons. The lowest BCUT2D eigenvalue weighted by molar-refractivity contribution is -0.129. The van der Waals surface area contributed by atoms with Gasteiger partial charge in [0.1, 0.15) is 0 Å². The van der Waals surface area contributed by atoms with Crippen molar-refractivity contribution in [3.8, 4) is 0 Å². The predicted molar refractivity (Wildman–Crippen MR) is 114 cm³/mol. The summed E-state index contributed by atoms with van der Waals surface area (Å²) in [6, 6.07) is 0. The number of hydrogen-bond donors (Lipinski definition) is 2. The summed E-state index contributed by atoms with van der Waals surface area (Å²) in [6.45, 7) is 6.39. The van der Waals surface area contributed by atoms with Gasteiger partial charge in [-0.25, -0.2) is 8.37 Å². The van der Waals surface area contributed by atoms with Crippen LogP contribution in [-0.2, 0) is 29.2 Å². The molecule has 4 aliphatic carbocycles. The van der Waals surface area contributed by atoms with Crippen LogP contribution in [0.25, 0.3) is 0 Å². The van der Waals surface area contributed by atoms with Gasteiger partial charge in [-0.05, 0) is 105 Å². The minimum atomic E-state index is -4.47. The third kappa shape index (κ3) is 4.45. The minimum absolute atomic E-state index is 0.000248. The van der Waals surface area contributed by atoms with Crippen molar-refractivity contribution in [2.45, 2.75) is 90.8 Å². The van der Waals surface area contributed by atoms with Crippen LogP contribution < -0.4 is 0 Å². The van der Waals surface area contributed by atoms with E-state index in [1.807, 2.05) is 0 Å². The van der Waals surface area contributed by atoms with E-state index in [-0.39, 0.29) is 16.7 Å². The zero-order valence-corrected chi connectivity index (χ0v) is 20.2.